The highest BCUT2D eigenvalue weighted by Gasteiger charge is 2.20. The Morgan fingerprint density at radius 2 is 1.92 bits per heavy atom. The van der Waals surface area contributed by atoms with Crippen LogP contribution in [-0.4, -0.2) is 41.0 Å². The summed E-state index contributed by atoms with van der Waals surface area (Å²) in [6, 6.07) is 13.1. The molecule has 1 aliphatic heterocycles. The van der Waals surface area contributed by atoms with Crippen LogP contribution in [0.5, 0.6) is 0 Å². The fourth-order valence-electron chi connectivity index (χ4n) is 3.29. The van der Waals surface area contributed by atoms with E-state index in [1.807, 2.05) is 13.1 Å². The van der Waals surface area contributed by atoms with Gasteiger partial charge in [0.1, 0.15) is 17.5 Å². The first kappa shape index (κ1) is 17.7. The Labute approximate surface area is 150 Å². The molecule has 2 aromatic rings. The van der Waals surface area contributed by atoms with Gasteiger partial charge in [0, 0.05) is 38.2 Å². The summed E-state index contributed by atoms with van der Waals surface area (Å²) in [6.07, 6.45) is 2.40. The van der Waals surface area contributed by atoms with Crippen molar-refractivity contribution >= 4 is 11.6 Å². The Morgan fingerprint density at radius 1 is 1.16 bits per heavy atom. The number of likely N-dealkylation sites (tertiary alicyclic amines) is 1. The van der Waals surface area contributed by atoms with Crippen LogP contribution in [0.4, 0.5) is 11.6 Å². The minimum Gasteiger partial charge on any atom is -0.373 e. The Balaban J connectivity index is 1.65. The molecule has 0 saturated carbocycles. The molecule has 1 unspecified atom stereocenters. The lowest BCUT2D eigenvalue weighted by atomic mass is 10.0. The molecule has 1 fully saturated rings. The van der Waals surface area contributed by atoms with Gasteiger partial charge in [-0.15, -0.1) is 0 Å². The molecule has 0 amide bonds. The van der Waals surface area contributed by atoms with E-state index >= 15 is 0 Å². The smallest absolute Gasteiger partial charge is 0.135 e. The molecule has 0 spiro atoms. The molecule has 5 nitrogen and oxygen atoms in total. The van der Waals surface area contributed by atoms with Crippen molar-refractivity contribution in [1.82, 2.24) is 14.9 Å². The molecule has 25 heavy (non-hydrogen) atoms. The topological polar surface area (TPSA) is 53.1 Å². The van der Waals surface area contributed by atoms with Crippen LogP contribution < -0.4 is 10.6 Å². The second kappa shape index (κ2) is 8.30. The lowest BCUT2D eigenvalue weighted by molar-refractivity contribution is 0.208. The summed E-state index contributed by atoms with van der Waals surface area (Å²) in [5.74, 6) is 2.99. The molecule has 1 atom stereocenters. The van der Waals surface area contributed by atoms with E-state index < -0.39 is 0 Å². The number of nitrogens with one attached hydrogen (secondary N) is 2. The number of hydrogen-bond donors (Lipinski definition) is 2. The predicted octanol–water partition coefficient (Wildman–Crippen LogP) is 3.72. The maximum Gasteiger partial charge on any atom is 0.135 e. The van der Waals surface area contributed by atoms with E-state index in [0.717, 1.165) is 37.1 Å². The Morgan fingerprint density at radius 3 is 2.64 bits per heavy atom. The van der Waals surface area contributed by atoms with Crippen molar-refractivity contribution in [2.75, 3.05) is 30.8 Å². The number of anilines is 2. The van der Waals surface area contributed by atoms with Crippen LogP contribution in [-0.2, 0) is 6.54 Å². The SMILES string of the molecule is CNc1cc(NC2CCCN(Cc3ccccc3)C2)nc(C(C)C)n1. The maximum atomic E-state index is 4.70. The summed E-state index contributed by atoms with van der Waals surface area (Å²) in [5, 5.41) is 6.77. The number of hydrogen-bond acceptors (Lipinski definition) is 5. The molecular weight excluding hydrogens is 310 g/mol. The molecule has 2 heterocycles. The monoisotopic (exact) mass is 339 g/mol. The van der Waals surface area contributed by atoms with Crippen LogP contribution in [0, 0.1) is 0 Å². The Hall–Kier alpha value is -2.14. The van der Waals surface area contributed by atoms with Crippen molar-refractivity contribution in [3.05, 3.63) is 47.8 Å². The lowest BCUT2D eigenvalue weighted by Crippen LogP contribution is -2.41. The summed E-state index contributed by atoms with van der Waals surface area (Å²) in [4.78, 5) is 11.8. The second-order valence-corrected chi connectivity index (χ2v) is 7.11. The molecule has 1 aromatic heterocycles. The van der Waals surface area contributed by atoms with Crippen molar-refractivity contribution in [1.29, 1.82) is 0 Å². The van der Waals surface area contributed by atoms with E-state index in [1.54, 1.807) is 0 Å². The first-order chi connectivity index (χ1) is 12.1. The molecule has 0 aliphatic carbocycles. The van der Waals surface area contributed by atoms with Crippen LogP contribution in [0.15, 0.2) is 36.4 Å². The predicted molar refractivity (Wildman–Crippen MR) is 104 cm³/mol. The molecule has 134 valence electrons. The van der Waals surface area contributed by atoms with Crippen LogP contribution in [0.2, 0.25) is 0 Å². The molecular formula is C20H29N5. The highest BCUT2D eigenvalue weighted by molar-refractivity contribution is 5.48. The van der Waals surface area contributed by atoms with Gasteiger partial charge in [-0.1, -0.05) is 44.2 Å². The molecule has 1 aromatic carbocycles. The molecule has 0 radical (unpaired) electrons. The summed E-state index contributed by atoms with van der Waals surface area (Å²) in [7, 11) is 1.90. The Bertz CT molecular complexity index is 671. The third-order valence-electron chi connectivity index (χ3n) is 4.62. The van der Waals surface area contributed by atoms with Gasteiger partial charge >= 0.3 is 0 Å². The third kappa shape index (κ3) is 4.92. The highest BCUT2D eigenvalue weighted by atomic mass is 15.2. The first-order valence-electron chi connectivity index (χ1n) is 9.23. The molecule has 5 heteroatoms. The van der Waals surface area contributed by atoms with Gasteiger partial charge in [-0.25, -0.2) is 9.97 Å². The van der Waals surface area contributed by atoms with Gasteiger partial charge in [-0.2, -0.15) is 0 Å². The van der Waals surface area contributed by atoms with Gasteiger partial charge < -0.3 is 10.6 Å². The van der Waals surface area contributed by atoms with Crippen molar-refractivity contribution in [3.63, 3.8) is 0 Å². The fourth-order valence-corrected chi connectivity index (χ4v) is 3.29. The van der Waals surface area contributed by atoms with Crippen molar-refractivity contribution < 1.29 is 0 Å². The molecule has 1 aliphatic rings. The first-order valence-corrected chi connectivity index (χ1v) is 9.23. The summed E-state index contributed by atoms with van der Waals surface area (Å²) < 4.78 is 0. The number of piperidine rings is 1. The Kier molecular flexibility index (Phi) is 5.87. The molecule has 1 saturated heterocycles. The van der Waals surface area contributed by atoms with Crippen LogP contribution in [0.25, 0.3) is 0 Å². The highest BCUT2D eigenvalue weighted by Crippen LogP contribution is 2.20. The average molecular weight is 339 g/mol. The second-order valence-electron chi connectivity index (χ2n) is 7.11. The fraction of sp³-hybridized carbons (Fsp3) is 0.500. The summed E-state index contributed by atoms with van der Waals surface area (Å²) in [5.41, 5.74) is 1.38. The zero-order valence-electron chi connectivity index (χ0n) is 15.5. The third-order valence-corrected chi connectivity index (χ3v) is 4.62. The van der Waals surface area contributed by atoms with Gasteiger partial charge in [-0.3, -0.25) is 4.90 Å². The van der Waals surface area contributed by atoms with E-state index in [1.165, 1.54) is 18.4 Å². The summed E-state index contributed by atoms with van der Waals surface area (Å²) >= 11 is 0. The van der Waals surface area contributed by atoms with E-state index in [9.17, 15) is 0 Å². The van der Waals surface area contributed by atoms with Crippen molar-refractivity contribution in [2.24, 2.45) is 0 Å². The summed E-state index contributed by atoms with van der Waals surface area (Å²) in [6.45, 7) is 7.48. The van der Waals surface area contributed by atoms with Crippen LogP contribution >= 0.6 is 0 Å². The van der Waals surface area contributed by atoms with E-state index in [-0.39, 0.29) is 0 Å². The average Bonchev–Trinajstić information content (AvgIpc) is 2.62. The number of rotatable bonds is 6. The minimum atomic E-state index is 0.315. The molecule has 3 rings (SSSR count). The lowest BCUT2D eigenvalue weighted by Gasteiger charge is -2.33. The zero-order chi connectivity index (χ0) is 17.6. The number of nitrogens with zero attached hydrogens (tertiary/aromatic N) is 3. The standard InChI is InChI=1S/C20H29N5/c1-15(2)20-23-18(21-3)12-19(24-20)22-17-10-7-11-25(14-17)13-16-8-5-4-6-9-16/h4-6,8-9,12,15,17H,7,10-11,13-14H2,1-3H3,(H2,21,22,23,24). The van der Waals surface area contributed by atoms with Crippen LogP contribution in [0.3, 0.4) is 0 Å². The zero-order valence-corrected chi connectivity index (χ0v) is 15.5. The normalized spacial score (nSPS) is 18.3. The van der Waals surface area contributed by atoms with Crippen molar-refractivity contribution in [3.8, 4) is 0 Å². The van der Waals surface area contributed by atoms with Gasteiger partial charge in [0.05, 0.1) is 0 Å². The van der Waals surface area contributed by atoms with E-state index in [4.69, 9.17) is 4.98 Å². The largest absolute Gasteiger partial charge is 0.373 e. The van der Waals surface area contributed by atoms with Crippen LogP contribution in [0.1, 0.15) is 44.0 Å². The van der Waals surface area contributed by atoms with Gasteiger partial charge in [-0.05, 0) is 24.9 Å². The van der Waals surface area contributed by atoms with Gasteiger partial charge in [0.15, 0.2) is 0 Å². The minimum absolute atomic E-state index is 0.315. The molecule has 0 bridgehead atoms. The maximum absolute atomic E-state index is 4.70. The van der Waals surface area contributed by atoms with Gasteiger partial charge in [0.25, 0.3) is 0 Å². The van der Waals surface area contributed by atoms with E-state index in [2.05, 4.69) is 64.7 Å². The van der Waals surface area contributed by atoms with Gasteiger partial charge in [0.2, 0.25) is 0 Å². The number of benzene rings is 1. The van der Waals surface area contributed by atoms with E-state index in [0.29, 0.717) is 12.0 Å². The van der Waals surface area contributed by atoms with Crippen molar-refractivity contribution in [2.45, 2.75) is 45.2 Å². The quantitative estimate of drug-likeness (QED) is 0.840. The number of aromatic nitrogens is 2. The molecule has 2 N–H and O–H groups in total.